The number of methoxy groups -OCH3 is 1. The number of aryl methyl sites for hydroxylation is 2. The topological polar surface area (TPSA) is 93.5 Å². The molecule has 7 nitrogen and oxygen atoms in total. The van der Waals surface area contributed by atoms with Crippen LogP contribution < -0.4 is 5.32 Å². The number of hydrogen-bond donors (Lipinski definition) is 2. The van der Waals surface area contributed by atoms with E-state index in [1.54, 1.807) is 10.9 Å². The molecule has 0 unspecified atom stereocenters. The summed E-state index contributed by atoms with van der Waals surface area (Å²) in [5.74, 6) is -1.24. The molecular formula is C22H23N3O4. The molecule has 1 aromatic heterocycles. The van der Waals surface area contributed by atoms with Gasteiger partial charge in [0.1, 0.15) is 5.69 Å². The quantitative estimate of drug-likeness (QED) is 0.628. The molecule has 1 amide bonds. The van der Waals surface area contributed by atoms with Crippen LogP contribution in [-0.4, -0.2) is 46.5 Å². The average Bonchev–Trinajstić information content (AvgIpc) is 3.17. The minimum absolute atomic E-state index is 0.295. The summed E-state index contributed by atoms with van der Waals surface area (Å²) in [5.41, 5.74) is 4.47. The number of carbonyl (C=O) groups is 2. The number of hydrogen-bond acceptors (Lipinski definition) is 5. The highest BCUT2D eigenvalue weighted by Crippen LogP contribution is 2.27. The number of nitrogens with one attached hydrogen (secondary N) is 1. The minimum atomic E-state index is -1.15. The van der Waals surface area contributed by atoms with Gasteiger partial charge in [-0.15, -0.1) is 0 Å². The Morgan fingerprint density at radius 3 is 2.52 bits per heavy atom. The largest absolute Gasteiger partial charge is 0.467 e. The monoisotopic (exact) mass is 393 g/mol. The van der Waals surface area contributed by atoms with Gasteiger partial charge in [-0.1, -0.05) is 42.0 Å². The van der Waals surface area contributed by atoms with Crippen LogP contribution in [0.2, 0.25) is 0 Å². The zero-order valence-electron chi connectivity index (χ0n) is 16.5. The molecule has 0 bridgehead atoms. The number of esters is 1. The van der Waals surface area contributed by atoms with Gasteiger partial charge in [0, 0.05) is 11.8 Å². The first kappa shape index (κ1) is 20.3. The van der Waals surface area contributed by atoms with Crippen LogP contribution in [0, 0.1) is 13.8 Å². The number of ether oxygens (including phenoxy) is 1. The lowest BCUT2D eigenvalue weighted by Crippen LogP contribution is -2.44. The standard InChI is InChI=1S/C22H23N3O4/c1-14-9-10-17(15(2)11-14)20-18(21(27)23-19(13-26)22(28)29-3)12-25(24-20)16-7-5-4-6-8-16/h4-12,19,26H,13H2,1-3H3,(H,23,27)/t19-/m0/s1. The van der Waals surface area contributed by atoms with Crippen molar-refractivity contribution < 1.29 is 19.4 Å². The van der Waals surface area contributed by atoms with Gasteiger partial charge in [-0.2, -0.15) is 5.10 Å². The Hall–Kier alpha value is -3.45. The molecule has 2 N–H and O–H groups in total. The van der Waals surface area contributed by atoms with Crippen molar-refractivity contribution in [1.29, 1.82) is 0 Å². The van der Waals surface area contributed by atoms with E-state index in [2.05, 4.69) is 15.2 Å². The van der Waals surface area contributed by atoms with Crippen LogP contribution in [0.5, 0.6) is 0 Å². The lowest BCUT2D eigenvalue weighted by atomic mass is 10.0. The van der Waals surface area contributed by atoms with Gasteiger partial charge < -0.3 is 15.2 Å². The average molecular weight is 393 g/mol. The highest BCUT2D eigenvalue weighted by Gasteiger charge is 2.25. The number of amides is 1. The Kier molecular flexibility index (Phi) is 6.09. The van der Waals surface area contributed by atoms with Crippen LogP contribution in [0.3, 0.4) is 0 Å². The smallest absolute Gasteiger partial charge is 0.330 e. The molecule has 150 valence electrons. The third-order valence-corrected chi connectivity index (χ3v) is 4.59. The van der Waals surface area contributed by atoms with Crippen molar-refractivity contribution in [3.8, 4) is 16.9 Å². The van der Waals surface area contributed by atoms with Crippen molar-refractivity contribution in [3.05, 3.63) is 71.4 Å². The van der Waals surface area contributed by atoms with Gasteiger partial charge in [-0.25, -0.2) is 9.48 Å². The third kappa shape index (κ3) is 4.35. The minimum Gasteiger partial charge on any atom is -0.467 e. The molecule has 0 aliphatic carbocycles. The summed E-state index contributed by atoms with van der Waals surface area (Å²) in [6.07, 6.45) is 1.62. The van der Waals surface area contributed by atoms with Crippen LogP contribution in [0.4, 0.5) is 0 Å². The van der Waals surface area contributed by atoms with E-state index in [0.29, 0.717) is 11.3 Å². The van der Waals surface area contributed by atoms with E-state index in [9.17, 15) is 14.7 Å². The number of nitrogens with zero attached hydrogens (tertiary/aromatic N) is 2. The van der Waals surface area contributed by atoms with E-state index in [-0.39, 0.29) is 0 Å². The molecule has 0 saturated carbocycles. The highest BCUT2D eigenvalue weighted by atomic mass is 16.5. The van der Waals surface area contributed by atoms with Gasteiger partial charge in [0.15, 0.2) is 6.04 Å². The SMILES string of the molecule is COC(=O)[C@H](CO)NC(=O)c1cn(-c2ccccc2)nc1-c1ccc(C)cc1C. The van der Waals surface area contributed by atoms with Crippen molar-refractivity contribution in [3.63, 3.8) is 0 Å². The zero-order chi connectivity index (χ0) is 21.0. The molecule has 0 aliphatic rings. The van der Waals surface area contributed by atoms with E-state index in [1.807, 2.05) is 62.4 Å². The summed E-state index contributed by atoms with van der Waals surface area (Å²) < 4.78 is 6.25. The fraction of sp³-hybridized carbons (Fsp3) is 0.227. The molecule has 0 spiro atoms. The van der Waals surface area contributed by atoms with Gasteiger partial charge in [-0.3, -0.25) is 4.79 Å². The van der Waals surface area contributed by atoms with Gasteiger partial charge in [-0.05, 0) is 31.5 Å². The predicted molar refractivity (Wildman–Crippen MR) is 109 cm³/mol. The second-order valence-electron chi connectivity index (χ2n) is 6.72. The number of carbonyl (C=O) groups excluding carboxylic acids is 2. The molecule has 1 heterocycles. The second-order valence-corrected chi connectivity index (χ2v) is 6.72. The summed E-state index contributed by atoms with van der Waals surface area (Å²) in [5, 5.41) is 16.6. The Labute approximate surface area is 168 Å². The molecule has 0 fully saturated rings. The van der Waals surface area contributed by atoms with E-state index in [0.717, 1.165) is 22.4 Å². The van der Waals surface area contributed by atoms with Gasteiger partial charge in [0.05, 0.1) is 25.0 Å². The molecule has 3 aromatic rings. The molecule has 7 heteroatoms. The number of aromatic nitrogens is 2. The summed E-state index contributed by atoms with van der Waals surface area (Å²) in [7, 11) is 1.20. The number of para-hydroxylation sites is 1. The first-order chi connectivity index (χ1) is 13.9. The Balaban J connectivity index is 2.07. The summed E-state index contributed by atoms with van der Waals surface area (Å²) in [6.45, 7) is 3.38. The maximum atomic E-state index is 13.0. The lowest BCUT2D eigenvalue weighted by molar-refractivity contribution is -0.143. The first-order valence-corrected chi connectivity index (χ1v) is 9.17. The van der Waals surface area contributed by atoms with Crippen molar-refractivity contribution in [2.75, 3.05) is 13.7 Å². The number of rotatable bonds is 6. The Morgan fingerprint density at radius 2 is 1.90 bits per heavy atom. The van der Waals surface area contributed by atoms with Gasteiger partial charge in [0.2, 0.25) is 0 Å². The van der Waals surface area contributed by atoms with Gasteiger partial charge in [0.25, 0.3) is 5.91 Å². The molecule has 2 aromatic carbocycles. The van der Waals surface area contributed by atoms with Crippen LogP contribution >= 0.6 is 0 Å². The number of benzene rings is 2. The molecule has 29 heavy (non-hydrogen) atoms. The predicted octanol–water partition coefficient (Wildman–Crippen LogP) is 2.42. The molecule has 3 rings (SSSR count). The number of aliphatic hydroxyl groups excluding tert-OH is 1. The van der Waals surface area contributed by atoms with Crippen molar-refractivity contribution in [2.45, 2.75) is 19.9 Å². The summed E-state index contributed by atoms with van der Waals surface area (Å²) in [4.78, 5) is 24.7. The van der Waals surface area contributed by atoms with Crippen molar-refractivity contribution >= 4 is 11.9 Å². The molecule has 0 aliphatic heterocycles. The van der Waals surface area contributed by atoms with E-state index in [4.69, 9.17) is 0 Å². The van der Waals surface area contributed by atoms with Crippen LogP contribution in [-0.2, 0) is 9.53 Å². The van der Waals surface area contributed by atoms with Crippen LogP contribution in [0.25, 0.3) is 16.9 Å². The first-order valence-electron chi connectivity index (χ1n) is 9.17. The van der Waals surface area contributed by atoms with Crippen LogP contribution in [0.15, 0.2) is 54.7 Å². The Morgan fingerprint density at radius 1 is 1.17 bits per heavy atom. The van der Waals surface area contributed by atoms with Crippen molar-refractivity contribution in [2.24, 2.45) is 0 Å². The maximum Gasteiger partial charge on any atom is 0.330 e. The van der Waals surface area contributed by atoms with Crippen LogP contribution in [0.1, 0.15) is 21.5 Å². The van der Waals surface area contributed by atoms with E-state index in [1.165, 1.54) is 7.11 Å². The molecule has 1 atom stereocenters. The molecule has 0 radical (unpaired) electrons. The number of aliphatic hydroxyl groups is 1. The third-order valence-electron chi connectivity index (χ3n) is 4.59. The normalized spacial score (nSPS) is 11.7. The Bertz CT molecular complexity index is 1030. The molecule has 0 saturated heterocycles. The second kappa shape index (κ2) is 8.70. The maximum absolute atomic E-state index is 13.0. The highest BCUT2D eigenvalue weighted by molar-refractivity contribution is 6.02. The lowest BCUT2D eigenvalue weighted by Gasteiger charge is -2.14. The van der Waals surface area contributed by atoms with E-state index >= 15 is 0 Å². The zero-order valence-corrected chi connectivity index (χ0v) is 16.5. The fourth-order valence-electron chi connectivity index (χ4n) is 3.09. The molecular weight excluding hydrogens is 370 g/mol. The summed E-state index contributed by atoms with van der Waals surface area (Å²) >= 11 is 0. The summed E-state index contributed by atoms with van der Waals surface area (Å²) in [6, 6.07) is 14.2. The van der Waals surface area contributed by atoms with Gasteiger partial charge >= 0.3 is 5.97 Å². The fourth-order valence-corrected chi connectivity index (χ4v) is 3.09. The van der Waals surface area contributed by atoms with Crippen molar-refractivity contribution in [1.82, 2.24) is 15.1 Å². The van der Waals surface area contributed by atoms with E-state index < -0.39 is 24.5 Å².